The molecule has 0 aliphatic rings. The summed E-state index contributed by atoms with van der Waals surface area (Å²) in [5.74, 6) is 0. The smallest absolute Gasteiger partial charge is 0.316 e. The van der Waals surface area contributed by atoms with Crippen LogP contribution in [-0.4, -0.2) is 28.1 Å². The molecular formula is C11H14ClF3N2O2S. The maximum atomic E-state index is 12.8. The summed E-state index contributed by atoms with van der Waals surface area (Å²) in [6.07, 6.45) is -4.79. The number of sulfonamides is 1. The van der Waals surface area contributed by atoms with Gasteiger partial charge < -0.3 is 5.32 Å². The van der Waals surface area contributed by atoms with E-state index in [4.69, 9.17) is 11.6 Å². The molecule has 0 amide bonds. The van der Waals surface area contributed by atoms with E-state index >= 15 is 0 Å². The molecule has 114 valence electrons. The lowest BCUT2D eigenvalue weighted by Gasteiger charge is -2.15. The topological polar surface area (TPSA) is 58.2 Å². The van der Waals surface area contributed by atoms with E-state index in [0.717, 1.165) is 12.1 Å². The number of likely N-dealkylation sites (N-methyl/N-ethyl adjacent to an activating group) is 1. The first-order chi connectivity index (χ1) is 9.20. The summed E-state index contributed by atoms with van der Waals surface area (Å²) in [5.41, 5.74) is -1.28. The molecule has 1 aromatic rings. The summed E-state index contributed by atoms with van der Waals surface area (Å²) < 4.78 is 64.5. The highest BCUT2D eigenvalue weighted by Gasteiger charge is 2.38. The van der Waals surface area contributed by atoms with E-state index in [-0.39, 0.29) is 6.54 Å². The molecule has 0 spiro atoms. The number of rotatable bonds is 6. The molecule has 1 aromatic carbocycles. The van der Waals surface area contributed by atoms with Crippen LogP contribution < -0.4 is 10.0 Å². The highest BCUT2D eigenvalue weighted by atomic mass is 35.5. The average Bonchev–Trinajstić information content (AvgIpc) is 2.33. The van der Waals surface area contributed by atoms with Crippen molar-refractivity contribution in [3.63, 3.8) is 0 Å². The molecule has 9 heteroatoms. The van der Waals surface area contributed by atoms with Gasteiger partial charge in [0.25, 0.3) is 0 Å². The van der Waals surface area contributed by atoms with Crippen molar-refractivity contribution in [2.75, 3.05) is 19.6 Å². The zero-order valence-corrected chi connectivity index (χ0v) is 12.2. The predicted molar refractivity (Wildman–Crippen MR) is 70.2 cm³/mol. The second-order valence-electron chi connectivity index (χ2n) is 3.87. The normalized spacial score (nSPS) is 12.7. The summed E-state index contributed by atoms with van der Waals surface area (Å²) in [4.78, 5) is -0.939. The van der Waals surface area contributed by atoms with Crippen molar-refractivity contribution in [3.05, 3.63) is 28.8 Å². The number of hydrogen-bond donors (Lipinski definition) is 2. The lowest BCUT2D eigenvalue weighted by Crippen LogP contribution is -2.33. The van der Waals surface area contributed by atoms with Crippen molar-refractivity contribution in [2.24, 2.45) is 0 Å². The van der Waals surface area contributed by atoms with Crippen LogP contribution in [0.15, 0.2) is 23.1 Å². The molecule has 0 aliphatic heterocycles. The molecule has 1 rings (SSSR count). The van der Waals surface area contributed by atoms with Crippen molar-refractivity contribution in [1.82, 2.24) is 10.0 Å². The Morgan fingerprint density at radius 1 is 1.25 bits per heavy atom. The van der Waals surface area contributed by atoms with E-state index in [1.54, 1.807) is 0 Å². The molecule has 2 N–H and O–H groups in total. The Balaban J connectivity index is 3.11. The van der Waals surface area contributed by atoms with E-state index < -0.39 is 31.7 Å². The SMILES string of the molecule is CCNCCNS(=O)(=O)c1c(Cl)cccc1C(F)(F)F. The minimum Gasteiger partial charge on any atom is -0.316 e. The summed E-state index contributed by atoms with van der Waals surface area (Å²) in [6, 6.07) is 2.85. The van der Waals surface area contributed by atoms with Gasteiger partial charge in [-0.3, -0.25) is 0 Å². The van der Waals surface area contributed by atoms with Crippen LogP contribution in [0.4, 0.5) is 13.2 Å². The number of benzene rings is 1. The van der Waals surface area contributed by atoms with Crippen LogP contribution in [0, 0.1) is 0 Å². The second-order valence-corrected chi connectivity index (χ2v) is 5.98. The number of nitrogens with one attached hydrogen (secondary N) is 2. The van der Waals surface area contributed by atoms with Crippen molar-refractivity contribution in [3.8, 4) is 0 Å². The van der Waals surface area contributed by atoms with E-state index in [2.05, 4.69) is 10.0 Å². The molecule has 0 fully saturated rings. The van der Waals surface area contributed by atoms with Gasteiger partial charge in [0.15, 0.2) is 0 Å². The minimum absolute atomic E-state index is 0.0291. The molecule has 0 saturated heterocycles. The van der Waals surface area contributed by atoms with Crippen LogP contribution in [-0.2, 0) is 16.2 Å². The molecule has 0 heterocycles. The lowest BCUT2D eigenvalue weighted by molar-refractivity contribution is -0.139. The third-order valence-corrected chi connectivity index (χ3v) is 4.37. The average molecular weight is 331 g/mol. The highest BCUT2D eigenvalue weighted by Crippen LogP contribution is 2.37. The van der Waals surface area contributed by atoms with Crippen molar-refractivity contribution in [2.45, 2.75) is 18.0 Å². The number of alkyl halides is 3. The van der Waals surface area contributed by atoms with Crippen molar-refractivity contribution < 1.29 is 21.6 Å². The molecule has 20 heavy (non-hydrogen) atoms. The second kappa shape index (κ2) is 6.75. The van der Waals surface area contributed by atoms with Gasteiger partial charge in [-0.2, -0.15) is 13.2 Å². The summed E-state index contributed by atoms with van der Waals surface area (Å²) in [6.45, 7) is 2.73. The van der Waals surface area contributed by atoms with Crippen molar-refractivity contribution >= 4 is 21.6 Å². The van der Waals surface area contributed by atoms with E-state index in [9.17, 15) is 21.6 Å². The van der Waals surface area contributed by atoms with E-state index in [0.29, 0.717) is 19.2 Å². The molecule has 0 aromatic heterocycles. The fourth-order valence-corrected chi connectivity index (χ4v) is 3.32. The molecule has 0 radical (unpaired) electrons. The quantitative estimate of drug-likeness (QED) is 0.787. The Morgan fingerprint density at radius 2 is 1.90 bits per heavy atom. The van der Waals surface area contributed by atoms with Gasteiger partial charge in [-0.1, -0.05) is 24.6 Å². The van der Waals surface area contributed by atoms with Gasteiger partial charge in [0.2, 0.25) is 10.0 Å². The first-order valence-electron chi connectivity index (χ1n) is 5.76. The molecule has 0 atom stereocenters. The van der Waals surface area contributed by atoms with Gasteiger partial charge in [0, 0.05) is 13.1 Å². The Morgan fingerprint density at radius 3 is 2.45 bits per heavy atom. The summed E-state index contributed by atoms with van der Waals surface area (Å²) in [7, 11) is -4.33. The molecule has 0 unspecified atom stereocenters. The predicted octanol–water partition coefficient (Wildman–Crippen LogP) is 2.25. The molecule has 0 saturated carbocycles. The third-order valence-electron chi connectivity index (χ3n) is 2.38. The molecule has 4 nitrogen and oxygen atoms in total. The molecule has 0 bridgehead atoms. The van der Waals surface area contributed by atoms with Gasteiger partial charge >= 0.3 is 6.18 Å². The molecule has 0 aliphatic carbocycles. The fraction of sp³-hybridized carbons (Fsp3) is 0.455. The molecular weight excluding hydrogens is 317 g/mol. The Labute approximate surface area is 120 Å². The maximum Gasteiger partial charge on any atom is 0.417 e. The zero-order chi connectivity index (χ0) is 15.4. The van der Waals surface area contributed by atoms with E-state index in [1.165, 1.54) is 0 Å². The van der Waals surface area contributed by atoms with Gasteiger partial charge in [-0.05, 0) is 18.7 Å². The summed E-state index contributed by atoms with van der Waals surface area (Å²) >= 11 is 5.63. The van der Waals surface area contributed by atoms with Gasteiger partial charge in [-0.25, -0.2) is 13.1 Å². The fourth-order valence-electron chi connectivity index (χ4n) is 1.53. The monoisotopic (exact) mass is 330 g/mol. The Bertz CT molecular complexity index is 561. The first-order valence-corrected chi connectivity index (χ1v) is 7.62. The highest BCUT2D eigenvalue weighted by molar-refractivity contribution is 7.89. The van der Waals surface area contributed by atoms with Crippen LogP contribution in [0.2, 0.25) is 5.02 Å². The van der Waals surface area contributed by atoms with Crippen LogP contribution in [0.5, 0.6) is 0 Å². The van der Waals surface area contributed by atoms with Gasteiger partial charge in [0.1, 0.15) is 4.90 Å². The largest absolute Gasteiger partial charge is 0.417 e. The van der Waals surface area contributed by atoms with Crippen LogP contribution in [0.25, 0.3) is 0 Å². The van der Waals surface area contributed by atoms with Crippen LogP contribution >= 0.6 is 11.6 Å². The summed E-state index contributed by atoms with van der Waals surface area (Å²) in [5, 5.41) is 2.39. The van der Waals surface area contributed by atoms with Crippen molar-refractivity contribution in [1.29, 1.82) is 0 Å². The zero-order valence-electron chi connectivity index (χ0n) is 10.6. The minimum atomic E-state index is -4.79. The van der Waals surface area contributed by atoms with Crippen LogP contribution in [0.3, 0.4) is 0 Å². The van der Waals surface area contributed by atoms with Gasteiger partial charge in [0.05, 0.1) is 10.6 Å². The maximum absolute atomic E-state index is 12.8. The number of hydrogen-bond acceptors (Lipinski definition) is 3. The van der Waals surface area contributed by atoms with E-state index in [1.807, 2.05) is 6.92 Å². The Kier molecular flexibility index (Phi) is 5.81. The van der Waals surface area contributed by atoms with Crippen LogP contribution in [0.1, 0.15) is 12.5 Å². The van der Waals surface area contributed by atoms with Gasteiger partial charge in [-0.15, -0.1) is 0 Å². The lowest BCUT2D eigenvalue weighted by atomic mass is 10.2. The standard InChI is InChI=1S/C11H14ClF3N2O2S/c1-2-16-6-7-17-20(18,19)10-8(11(13,14)15)4-3-5-9(10)12/h3-5,16-17H,2,6-7H2,1H3. The first kappa shape index (κ1) is 17.2. The third kappa shape index (κ3) is 4.34. The Hall–Kier alpha value is -0.830. The number of halogens is 4.